The molecule has 0 bridgehead atoms. The number of hydrogen-bond acceptors (Lipinski definition) is 3. The van der Waals surface area contributed by atoms with Crippen LogP contribution in [0.25, 0.3) is 0 Å². The lowest BCUT2D eigenvalue weighted by molar-refractivity contribution is -0.111. The van der Waals surface area contributed by atoms with E-state index in [1.807, 2.05) is 25.4 Å². The average Bonchev–Trinajstić information content (AvgIpc) is 2.37. The molecule has 3 nitrogen and oxygen atoms in total. The second-order valence-corrected chi connectivity index (χ2v) is 6.79. The highest BCUT2D eigenvalue weighted by atomic mass is 35.5. The number of aliphatic hydroxyl groups excluding tert-OH is 1. The number of allylic oxidation sites excluding steroid dienone is 5. The fourth-order valence-electron chi connectivity index (χ4n) is 1.72. The number of carbonyl (C=O) groups excluding carboxylic acids is 1. The molecule has 21 heavy (non-hydrogen) atoms. The molecule has 0 aliphatic carbocycles. The normalized spacial score (nSPS) is 16.3. The fraction of sp³-hybridized carbons (Fsp3) is 0.533. The lowest BCUT2D eigenvalue weighted by Crippen LogP contribution is -2.44. The average molecular weight is 336 g/mol. The van der Waals surface area contributed by atoms with Gasteiger partial charge >= 0.3 is 0 Å². The van der Waals surface area contributed by atoms with E-state index in [0.717, 1.165) is 0 Å². The van der Waals surface area contributed by atoms with Gasteiger partial charge in [-0.15, -0.1) is 0 Å². The van der Waals surface area contributed by atoms with Crippen molar-refractivity contribution < 1.29 is 14.3 Å². The predicted octanol–water partition coefficient (Wildman–Crippen LogP) is 3.61. The van der Waals surface area contributed by atoms with Crippen LogP contribution in [0.4, 0.5) is 4.39 Å². The van der Waals surface area contributed by atoms with Crippen LogP contribution < -0.4 is 0 Å². The molecule has 0 heterocycles. The van der Waals surface area contributed by atoms with Gasteiger partial charge in [0.15, 0.2) is 0 Å². The highest BCUT2D eigenvalue weighted by Crippen LogP contribution is 2.27. The molecule has 0 amide bonds. The van der Waals surface area contributed by atoms with E-state index in [1.165, 1.54) is 18.2 Å². The van der Waals surface area contributed by atoms with Crippen molar-refractivity contribution in [3.8, 4) is 0 Å². The molecule has 0 aliphatic rings. The van der Waals surface area contributed by atoms with E-state index >= 15 is 0 Å². The van der Waals surface area contributed by atoms with Crippen LogP contribution in [0.3, 0.4) is 0 Å². The Hall–Kier alpha value is -0.540. The first-order valence-corrected chi connectivity index (χ1v) is 7.51. The summed E-state index contributed by atoms with van der Waals surface area (Å²) in [6.45, 7) is 9.20. The Morgan fingerprint density at radius 3 is 2.48 bits per heavy atom. The molecule has 0 aromatic rings. The lowest BCUT2D eigenvalue weighted by Gasteiger charge is -2.38. The molecule has 120 valence electrons. The van der Waals surface area contributed by atoms with E-state index in [2.05, 4.69) is 16.0 Å². The van der Waals surface area contributed by atoms with Crippen molar-refractivity contribution in [1.29, 1.82) is 0 Å². The quantitative estimate of drug-likeness (QED) is 0.418. The van der Waals surface area contributed by atoms with E-state index in [1.54, 1.807) is 0 Å². The molecule has 0 saturated heterocycles. The minimum atomic E-state index is -0.902. The maximum Gasteiger partial charge on any atom is 0.129 e. The number of aliphatic hydroxyl groups is 1. The van der Waals surface area contributed by atoms with Gasteiger partial charge in [0.05, 0.1) is 12.5 Å². The molecular formula is C15H24ClFNO2P. The van der Waals surface area contributed by atoms with Gasteiger partial charge in [-0.1, -0.05) is 33.6 Å². The fourth-order valence-corrected chi connectivity index (χ4v) is 2.01. The van der Waals surface area contributed by atoms with Gasteiger partial charge in [0.1, 0.15) is 12.1 Å². The second kappa shape index (κ2) is 9.47. The number of hydrogen-bond donors (Lipinski definition) is 1. The van der Waals surface area contributed by atoms with Crippen molar-refractivity contribution in [1.82, 2.24) is 4.67 Å². The molecule has 0 saturated carbocycles. The number of carbonyl (C=O) groups is 1. The molecule has 0 aliphatic heterocycles. The van der Waals surface area contributed by atoms with Crippen molar-refractivity contribution >= 4 is 27.3 Å². The summed E-state index contributed by atoms with van der Waals surface area (Å²) in [5.74, 6) is -1.47. The van der Waals surface area contributed by atoms with E-state index in [4.69, 9.17) is 11.6 Å². The molecule has 0 spiro atoms. The number of aldehydes is 1. The summed E-state index contributed by atoms with van der Waals surface area (Å²) in [7, 11) is 2.53. The third-order valence-electron chi connectivity index (χ3n) is 2.96. The third-order valence-corrected chi connectivity index (χ3v) is 4.28. The van der Waals surface area contributed by atoms with Crippen molar-refractivity contribution in [2.45, 2.75) is 38.8 Å². The zero-order valence-electron chi connectivity index (χ0n) is 12.7. The molecule has 0 radical (unpaired) electrons. The van der Waals surface area contributed by atoms with Gasteiger partial charge in [0, 0.05) is 16.6 Å². The zero-order chi connectivity index (χ0) is 16.6. The molecule has 3 atom stereocenters. The minimum absolute atomic E-state index is 0.160. The van der Waals surface area contributed by atoms with Crippen LogP contribution in [0, 0.1) is 5.92 Å². The number of nitrogens with zero attached hydrogens (tertiary/aromatic N) is 1. The predicted molar refractivity (Wildman–Crippen MR) is 89.7 cm³/mol. The summed E-state index contributed by atoms with van der Waals surface area (Å²) < 4.78 is 15.8. The van der Waals surface area contributed by atoms with E-state index < -0.39 is 11.7 Å². The van der Waals surface area contributed by atoms with E-state index in [0.29, 0.717) is 6.29 Å². The Kier molecular flexibility index (Phi) is 9.23. The van der Waals surface area contributed by atoms with Crippen LogP contribution >= 0.6 is 21.0 Å². The summed E-state index contributed by atoms with van der Waals surface area (Å²) in [4.78, 5) is 11.1. The van der Waals surface area contributed by atoms with Gasteiger partial charge < -0.3 is 9.90 Å². The maximum absolute atomic E-state index is 14.0. The van der Waals surface area contributed by atoms with Gasteiger partial charge in [0.25, 0.3) is 0 Å². The summed E-state index contributed by atoms with van der Waals surface area (Å²) in [6, 6.07) is -0.337. The number of halogens is 2. The standard InChI is InChI=1S/C15H24ClFNO2P/c1-11(16)6-5-7-14(17)12(9-19)8-13(10-20)18(21)15(2,3)4/h5-7,9,12-13,20H,1,8,10,21H2,2-4H3/b6-5-,14-7-/t12?,13-/m1/s1. The van der Waals surface area contributed by atoms with Crippen LogP contribution in [-0.2, 0) is 4.79 Å². The van der Waals surface area contributed by atoms with E-state index in [9.17, 15) is 14.3 Å². The van der Waals surface area contributed by atoms with Gasteiger partial charge in [0.2, 0.25) is 0 Å². The Morgan fingerprint density at radius 2 is 2.10 bits per heavy atom. The molecule has 6 heteroatoms. The van der Waals surface area contributed by atoms with Crippen LogP contribution in [0.2, 0.25) is 0 Å². The second-order valence-electron chi connectivity index (χ2n) is 5.75. The topological polar surface area (TPSA) is 40.5 Å². The first kappa shape index (κ1) is 20.5. The van der Waals surface area contributed by atoms with Crippen LogP contribution in [0.5, 0.6) is 0 Å². The molecule has 0 aromatic carbocycles. The monoisotopic (exact) mass is 335 g/mol. The van der Waals surface area contributed by atoms with Gasteiger partial charge in [-0.25, -0.2) is 4.39 Å². The summed E-state index contributed by atoms with van der Waals surface area (Å²) in [5.41, 5.74) is -0.220. The van der Waals surface area contributed by atoms with Crippen molar-refractivity contribution in [3.63, 3.8) is 0 Å². The third kappa shape index (κ3) is 7.87. The summed E-state index contributed by atoms with van der Waals surface area (Å²) >= 11 is 5.53. The Balaban J connectivity index is 4.96. The maximum atomic E-state index is 14.0. The Bertz CT molecular complexity index is 418. The smallest absolute Gasteiger partial charge is 0.129 e. The number of rotatable bonds is 8. The van der Waals surface area contributed by atoms with Crippen molar-refractivity contribution in [2.75, 3.05) is 6.61 Å². The van der Waals surface area contributed by atoms with Crippen molar-refractivity contribution in [2.24, 2.45) is 5.92 Å². The first-order chi connectivity index (χ1) is 9.63. The van der Waals surface area contributed by atoms with E-state index in [-0.39, 0.29) is 29.6 Å². The van der Waals surface area contributed by atoms with Gasteiger partial charge in [-0.3, -0.25) is 4.67 Å². The SMILES string of the molecule is C=C(Cl)/C=C\C=C(/F)C(C=O)C[C@H](CO)N(P)C(C)(C)C. The van der Waals surface area contributed by atoms with Crippen LogP contribution in [0.1, 0.15) is 27.2 Å². The summed E-state index contributed by atoms with van der Waals surface area (Å²) in [5, 5.41) is 9.76. The van der Waals surface area contributed by atoms with Crippen LogP contribution in [0.15, 0.2) is 35.7 Å². The van der Waals surface area contributed by atoms with Gasteiger partial charge in [-0.2, -0.15) is 0 Å². The molecule has 0 aromatic heterocycles. The molecule has 0 rings (SSSR count). The molecule has 0 fully saturated rings. The molecular weight excluding hydrogens is 312 g/mol. The Labute approximate surface area is 133 Å². The molecule has 1 N–H and O–H groups in total. The highest BCUT2D eigenvalue weighted by molar-refractivity contribution is 7.13. The Morgan fingerprint density at radius 1 is 1.52 bits per heavy atom. The summed E-state index contributed by atoms with van der Waals surface area (Å²) in [6.07, 6.45) is 4.77. The minimum Gasteiger partial charge on any atom is -0.395 e. The van der Waals surface area contributed by atoms with Gasteiger partial charge in [-0.05, 0) is 39.3 Å². The largest absolute Gasteiger partial charge is 0.395 e. The lowest BCUT2D eigenvalue weighted by atomic mass is 9.97. The van der Waals surface area contributed by atoms with Crippen molar-refractivity contribution in [3.05, 3.63) is 35.7 Å². The highest BCUT2D eigenvalue weighted by Gasteiger charge is 2.28. The van der Waals surface area contributed by atoms with Crippen LogP contribution in [-0.4, -0.2) is 34.3 Å². The molecule has 2 unspecified atom stereocenters. The first-order valence-electron chi connectivity index (χ1n) is 6.61. The zero-order valence-corrected chi connectivity index (χ0v) is 14.6.